The van der Waals surface area contributed by atoms with E-state index >= 15 is 0 Å². The molecular weight excluding hydrogens is 360 g/mol. The molecule has 3 atom stereocenters. The van der Waals surface area contributed by atoms with E-state index in [1.54, 1.807) is 0 Å². The summed E-state index contributed by atoms with van der Waals surface area (Å²) in [5, 5.41) is 3.08. The molecule has 1 fully saturated rings. The molecule has 1 saturated heterocycles. The Labute approximate surface area is 175 Å². The molecule has 0 saturated carbocycles. The average molecular weight is 395 g/mol. The molecule has 0 unspecified atom stereocenters. The van der Waals surface area contributed by atoms with Crippen molar-refractivity contribution < 1.29 is 9.53 Å². The van der Waals surface area contributed by atoms with Gasteiger partial charge in [0.15, 0.2) is 0 Å². The molecule has 4 heteroatoms. The lowest BCUT2D eigenvalue weighted by molar-refractivity contribution is -0.128. The Kier molecular flexibility index (Phi) is 8.12. The second kappa shape index (κ2) is 11.0. The zero-order chi connectivity index (χ0) is 20.5. The monoisotopic (exact) mass is 394 g/mol. The highest BCUT2D eigenvalue weighted by Crippen LogP contribution is 2.23. The highest BCUT2D eigenvalue weighted by molar-refractivity contribution is 5.82. The maximum atomic E-state index is 12.9. The van der Waals surface area contributed by atoms with E-state index in [1.165, 1.54) is 19.3 Å². The van der Waals surface area contributed by atoms with Gasteiger partial charge in [-0.15, -0.1) is 0 Å². The minimum absolute atomic E-state index is 0.0836. The second-order valence-corrected chi connectivity index (χ2v) is 8.09. The van der Waals surface area contributed by atoms with Crippen molar-refractivity contribution in [3.8, 4) is 5.75 Å². The quantitative estimate of drug-likeness (QED) is 0.611. The molecule has 1 aliphatic rings. The number of nitrogens with one attached hydrogen (secondary N) is 1. The molecule has 1 N–H and O–H groups in total. The zero-order valence-electron chi connectivity index (χ0n) is 17.7. The minimum Gasteiger partial charge on any atom is -0.476 e. The van der Waals surface area contributed by atoms with Crippen molar-refractivity contribution in [2.24, 2.45) is 0 Å². The number of likely N-dealkylation sites (tertiary alicyclic amines) is 1. The van der Waals surface area contributed by atoms with Crippen LogP contribution in [0.15, 0.2) is 60.7 Å². The van der Waals surface area contributed by atoms with Crippen LogP contribution < -0.4 is 10.1 Å². The number of hydrogen-bond donors (Lipinski definition) is 1. The lowest BCUT2D eigenvalue weighted by Gasteiger charge is -2.39. The normalized spacial score (nSPS) is 20.8. The number of unbranched alkanes of at least 4 members (excludes halogenated alkanes) is 1. The number of nitrogens with zero attached hydrogens (tertiary/aromatic N) is 1. The second-order valence-electron chi connectivity index (χ2n) is 8.09. The smallest absolute Gasteiger partial charge is 0.265 e. The van der Waals surface area contributed by atoms with Crippen molar-refractivity contribution in [2.45, 2.75) is 64.1 Å². The van der Waals surface area contributed by atoms with Crippen LogP contribution >= 0.6 is 0 Å². The number of piperidine rings is 1. The minimum atomic E-state index is -0.638. The first kappa shape index (κ1) is 21.4. The van der Waals surface area contributed by atoms with E-state index in [0.717, 1.165) is 24.9 Å². The maximum Gasteiger partial charge on any atom is 0.265 e. The van der Waals surface area contributed by atoms with Crippen molar-refractivity contribution >= 4 is 5.91 Å². The molecule has 29 heavy (non-hydrogen) atoms. The number of hydrogen-bond acceptors (Lipinski definition) is 3. The molecule has 156 valence electrons. The van der Waals surface area contributed by atoms with Gasteiger partial charge in [-0.3, -0.25) is 9.69 Å². The Balaban J connectivity index is 1.49. The van der Waals surface area contributed by atoms with E-state index in [0.29, 0.717) is 24.4 Å². The van der Waals surface area contributed by atoms with Gasteiger partial charge in [0, 0.05) is 24.2 Å². The topological polar surface area (TPSA) is 41.6 Å². The summed E-state index contributed by atoms with van der Waals surface area (Å²) in [7, 11) is 0. The summed E-state index contributed by atoms with van der Waals surface area (Å²) < 4.78 is 6.02. The number of carbonyl (C=O) groups is 1. The fraction of sp³-hybridized carbons (Fsp3) is 0.480. The van der Waals surface area contributed by atoms with Crippen LogP contribution in [0.1, 0.15) is 57.6 Å². The average Bonchev–Trinajstić information content (AvgIpc) is 2.75. The van der Waals surface area contributed by atoms with E-state index in [9.17, 15) is 4.79 Å². The van der Waals surface area contributed by atoms with E-state index in [-0.39, 0.29) is 5.91 Å². The Morgan fingerprint density at radius 1 is 1.00 bits per heavy atom. The molecule has 0 spiro atoms. The summed E-state index contributed by atoms with van der Waals surface area (Å²) >= 11 is 0. The van der Waals surface area contributed by atoms with Crippen LogP contribution in [0.4, 0.5) is 0 Å². The molecule has 1 heterocycles. The van der Waals surface area contributed by atoms with Gasteiger partial charge in [0.2, 0.25) is 6.10 Å². The van der Waals surface area contributed by atoms with E-state index in [2.05, 4.69) is 24.1 Å². The summed E-state index contributed by atoms with van der Waals surface area (Å²) in [5.74, 6) is 0.615. The fourth-order valence-corrected chi connectivity index (χ4v) is 4.18. The SMILES string of the molecule is C[C@@H]1CCC[C@@H](C)N1CCCCNC(=O)[C@H](Oc1ccccc1)c1ccccc1. The van der Waals surface area contributed by atoms with E-state index < -0.39 is 6.10 Å². The largest absolute Gasteiger partial charge is 0.476 e. The predicted molar refractivity (Wildman–Crippen MR) is 118 cm³/mol. The summed E-state index contributed by atoms with van der Waals surface area (Å²) in [4.78, 5) is 15.5. The summed E-state index contributed by atoms with van der Waals surface area (Å²) in [6.45, 7) is 6.46. The number of amides is 1. The molecule has 4 nitrogen and oxygen atoms in total. The molecular formula is C25H34N2O2. The highest BCUT2D eigenvalue weighted by atomic mass is 16.5. The molecule has 3 rings (SSSR count). The molecule has 1 amide bonds. The molecule has 0 aliphatic carbocycles. The van der Waals surface area contributed by atoms with Crippen LogP contribution in [-0.2, 0) is 4.79 Å². The summed E-state index contributed by atoms with van der Waals surface area (Å²) in [6.07, 6.45) is 5.39. The van der Waals surface area contributed by atoms with Gasteiger partial charge < -0.3 is 10.1 Å². The predicted octanol–water partition coefficient (Wildman–Crippen LogP) is 4.97. The van der Waals surface area contributed by atoms with Crippen LogP contribution in [0, 0.1) is 0 Å². The van der Waals surface area contributed by atoms with Crippen molar-refractivity contribution in [1.29, 1.82) is 0 Å². The van der Waals surface area contributed by atoms with Gasteiger partial charge >= 0.3 is 0 Å². The van der Waals surface area contributed by atoms with Crippen molar-refractivity contribution in [3.63, 3.8) is 0 Å². The third-order valence-electron chi connectivity index (χ3n) is 5.86. The van der Waals surface area contributed by atoms with Gasteiger partial charge in [-0.1, -0.05) is 55.0 Å². The summed E-state index contributed by atoms with van der Waals surface area (Å²) in [5.41, 5.74) is 0.866. The first-order chi connectivity index (χ1) is 14.1. The lowest BCUT2D eigenvalue weighted by atomic mass is 9.97. The molecule has 0 radical (unpaired) electrons. The van der Waals surface area contributed by atoms with Crippen LogP contribution in [0.25, 0.3) is 0 Å². The molecule has 0 bridgehead atoms. The van der Waals surface area contributed by atoms with Crippen LogP contribution in [0.5, 0.6) is 5.75 Å². The number of benzene rings is 2. The van der Waals surface area contributed by atoms with Crippen LogP contribution in [0.2, 0.25) is 0 Å². The van der Waals surface area contributed by atoms with Crippen LogP contribution in [0.3, 0.4) is 0 Å². The Hall–Kier alpha value is -2.33. The molecule has 0 aromatic heterocycles. The number of rotatable bonds is 9. The van der Waals surface area contributed by atoms with Gasteiger partial charge in [0.1, 0.15) is 5.75 Å². The fourth-order valence-electron chi connectivity index (χ4n) is 4.18. The number of para-hydroxylation sites is 1. The molecule has 1 aliphatic heterocycles. The third-order valence-corrected chi connectivity index (χ3v) is 5.86. The Morgan fingerprint density at radius 3 is 2.28 bits per heavy atom. The van der Waals surface area contributed by atoms with Crippen molar-refractivity contribution in [2.75, 3.05) is 13.1 Å². The van der Waals surface area contributed by atoms with Crippen LogP contribution in [-0.4, -0.2) is 36.0 Å². The van der Waals surface area contributed by atoms with Crippen molar-refractivity contribution in [3.05, 3.63) is 66.2 Å². The van der Waals surface area contributed by atoms with E-state index in [1.807, 2.05) is 60.7 Å². The third kappa shape index (κ3) is 6.33. The molecule has 2 aromatic carbocycles. The van der Waals surface area contributed by atoms with Gasteiger partial charge in [0.05, 0.1) is 0 Å². The Bertz CT molecular complexity index is 725. The van der Waals surface area contributed by atoms with Gasteiger partial charge in [-0.25, -0.2) is 0 Å². The van der Waals surface area contributed by atoms with Gasteiger partial charge in [-0.05, 0) is 58.2 Å². The first-order valence-corrected chi connectivity index (χ1v) is 11.0. The Morgan fingerprint density at radius 2 is 1.62 bits per heavy atom. The zero-order valence-corrected chi connectivity index (χ0v) is 17.7. The van der Waals surface area contributed by atoms with Crippen molar-refractivity contribution in [1.82, 2.24) is 10.2 Å². The van der Waals surface area contributed by atoms with Gasteiger partial charge in [-0.2, -0.15) is 0 Å². The van der Waals surface area contributed by atoms with E-state index in [4.69, 9.17) is 4.74 Å². The summed E-state index contributed by atoms with van der Waals surface area (Å²) in [6, 6.07) is 20.6. The number of carbonyl (C=O) groups excluding carboxylic acids is 1. The maximum absolute atomic E-state index is 12.9. The standard InChI is InChI=1S/C25H34N2O2/c1-20-12-11-13-21(2)27(20)19-10-9-18-26-25(28)24(22-14-5-3-6-15-22)29-23-16-7-4-8-17-23/h3-8,14-17,20-21,24H,9-13,18-19H2,1-2H3,(H,26,28)/t20-,21-,24-/m1/s1. The number of ether oxygens (including phenoxy) is 1. The lowest BCUT2D eigenvalue weighted by Crippen LogP contribution is -2.44. The van der Waals surface area contributed by atoms with Gasteiger partial charge in [0.25, 0.3) is 5.91 Å². The highest BCUT2D eigenvalue weighted by Gasteiger charge is 2.24. The molecule has 2 aromatic rings. The first-order valence-electron chi connectivity index (χ1n) is 11.0.